The van der Waals surface area contributed by atoms with Crippen LogP contribution in [0.25, 0.3) is 22.1 Å². The van der Waals surface area contributed by atoms with E-state index in [1.165, 1.54) is 11.7 Å². The van der Waals surface area contributed by atoms with Crippen LogP contribution in [0.3, 0.4) is 0 Å². The molecule has 1 unspecified atom stereocenters. The number of carbonyl (C=O) groups excluding carboxylic acids is 1. The van der Waals surface area contributed by atoms with Crippen LogP contribution in [0.1, 0.15) is 31.3 Å². The number of esters is 1. The van der Waals surface area contributed by atoms with E-state index in [2.05, 4.69) is 21.8 Å². The number of nitrogens with two attached hydrogens (primary N) is 1. The van der Waals surface area contributed by atoms with Crippen molar-refractivity contribution in [3.05, 3.63) is 56.6 Å². The number of anilines is 1. The number of hydrogen-bond donors (Lipinski definition) is 1. The minimum absolute atomic E-state index is 0.0223. The van der Waals surface area contributed by atoms with Gasteiger partial charge < -0.3 is 20.1 Å². The number of rotatable bonds is 9. The van der Waals surface area contributed by atoms with Crippen molar-refractivity contribution in [1.29, 1.82) is 0 Å². The van der Waals surface area contributed by atoms with E-state index >= 15 is 0 Å². The molecule has 13 nitrogen and oxygen atoms in total. The van der Waals surface area contributed by atoms with Gasteiger partial charge in [-0.2, -0.15) is 4.98 Å². The molecule has 1 aliphatic rings. The first-order valence-corrected chi connectivity index (χ1v) is 13.8. The lowest BCUT2D eigenvalue weighted by molar-refractivity contribution is -0.145. The number of aryl methyl sites for hydroxylation is 1. The van der Waals surface area contributed by atoms with Crippen molar-refractivity contribution >= 4 is 34.0 Å². The van der Waals surface area contributed by atoms with Crippen molar-refractivity contribution in [3.8, 4) is 11.8 Å². The van der Waals surface area contributed by atoms with Crippen LogP contribution in [-0.4, -0.2) is 74.1 Å². The number of ether oxygens (including phenoxy) is 2. The minimum Gasteiger partial charge on any atom is -0.462 e. The molecular formula is C29H34N8O5. The molecule has 4 aromatic rings. The molecule has 1 atom stereocenters. The maximum Gasteiger partial charge on any atom is 0.333 e. The van der Waals surface area contributed by atoms with Crippen LogP contribution >= 0.6 is 0 Å². The van der Waals surface area contributed by atoms with Crippen LogP contribution in [0.5, 0.6) is 0 Å². The molecule has 0 radical (unpaired) electrons. The number of fused-ring (bicyclic) bond motifs is 2. The van der Waals surface area contributed by atoms with Gasteiger partial charge in [0.2, 0.25) is 5.95 Å². The zero-order chi connectivity index (χ0) is 29.8. The van der Waals surface area contributed by atoms with Crippen LogP contribution in [0.2, 0.25) is 0 Å². The molecule has 220 valence electrons. The molecule has 5 rings (SSSR count). The predicted octanol–water partition coefficient (Wildman–Crippen LogP) is 0.800. The van der Waals surface area contributed by atoms with E-state index in [1.807, 2.05) is 36.1 Å². The van der Waals surface area contributed by atoms with Crippen molar-refractivity contribution < 1.29 is 14.3 Å². The summed E-state index contributed by atoms with van der Waals surface area (Å²) in [5.41, 5.74) is 6.60. The van der Waals surface area contributed by atoms with Gasteiger partial charge in [-0.1, -0.05) is 24.1 Å². The van der Waals surface area contributed by atoms with Crippen molar-refractivity contribution in [1.82, 2.24) is 28.7 Å². The Morgan fingerprint density at radius 3 is 2.69 bits per heavy atom. The zero-order valence-electron chi connectivity index (χ0n) is 24.0. The Hall–Kier alpha value is -4.54. The average Bonchev–Trinajstić information content (AvgIpc) is 3.36. The topological polar surface area (TPSA) is 152 Å². The van der Waals surface area contributed by atoms with E-state index < -0.39 is 23.8 Å². The fraction of sp³-hybridized carbons (Fsp3) is 0.448. The van der Waals surface area contributed by atoms with Crippen LogP contribution in [-0.2, 0) is 33.9 Å². The highest BCUT2D eigenvalue weighted by molar-refractivity contribution is 5.80. The van der Waals surface area contributed by atoms with Crippen molar-refractivity contribution in [2.45, 2.75) is 52.4 Å². The van der Waals surface area contributed by atoms with Gasteiger partial charge in [0, 0.05) is 37.3 Å². The first kappa shape index (κ1) is 29.0. The molecule has 1 fully saturated rings. The second-order valence-electron chi connectivity index (χ2n) is 10.2. The number of carbonyl (C=O) groups is 1. The summed E-state index contributed by atoms with van der Waals surface area (Å²) in [6.07, 6.45) is 1.73. The summed E-state index contributed by atoms with van der Waals surface area (Å²) in [5, 5.41) is 0.876. The summed E-state index contributed by atoms with van der Waals surface area (Å²) in [6, 6.07) is 7.46. The number of piperidine rings is 1. The maximum absolute atomic E-state index is 14.1. The molecule has 0 bridgehead atoms. The number of benzene rings is 1. The fourth-order valence-electron chi connectivity index (χ4n) is 5.22. The monoisotopic (exact) mass is 574 g/mol. The fourth-order valence-corrected chi connectivity index (χ4v) is 5.22. The zero-order valence-corrected chi connectivity index (χ0v) is 24.0. The van der Waals surface area contributed by atoms with Gasteiger partial charge in [-0.15, -0.1) is 5.92 Å². The third kappa shape index (κ3) is 5.77. The number of methoxy groups -OCH3 is 1. The normalized spacial score (nSPS) is 15.1. The Kier molecular flexibility index (Phi) is 8.65. The Morgan fingerprint density at radius 1 is 1.12 bits per heavy atom. The predicted molar refractivity (Wildman–Crippen MR) is 157 cm³/mol. The van der Waals surface area contributed by atoms with Crippen LogP contribution in [0.4, 0.5) is 5.95 Å². The number of imidazole rings is 1. The average molecular weight is 575 g/mol. The lowest BCUT2D eigenvalue weighted by Gasteiger charge is -2.31. The summed E-state index contributed by atoms with van der Waals surface area (Å²) in [5.74, 6) is 5.98. The first-order chi connectivity index (χ1) is 20.3. The van der Waals surface area contributed by atoms with Crippen LogP contribution < -0.4 is 21.9 Å². The SMILES string of the molecule is CC#CCn1c(N2CCCC(N)C2)nc2c1c(=O)n(Cc1nc(C)c3ccccc3n1)c(=O)n2CC(=O)OCCOC. The Bertz CT molecular complexity index is 1810. The van der Waals surface area contributed by atoms with Crippen molar-refractivity contribution in [3.63, 3.8) is 0 Å². The number of nitrogens with zero attached hydrogens (tertiary/aromatic N) is 7. The molecule has 42 heavy (non-hydrogen) atoms. The first-order valence-electron chi connectivity index (χ1n) is 13.8. The number of aromatic nitrogens is 6. The lowest BCUT2D eigenvalue weighted by Crippen LogP contribution is -2.44. The van der Waals surface area contributed by atoms with E-state index in [0.29, 0.717) is 30.4 Å². The molecule has 1 aliphatic heterocycles. The number of hydrogen-bond acceptors (Lipinski definition) is 10. The molecule has 13 heteroatoms. The third-order valence-electron chi connectivity index (χ3n) is 7.23. The molecule has 0 saturated carbocycles. The molecule has 2 N–H and O–H groups in total. The van der Waals surface area contributed by atoms with E-state index in [-0.39, 0.29) is 43.5 Å². The Morgan fingerprint density at radius 2 is 1.93 bits per heavy atom. The largest absolute Gasteiger partial charge is 0.462 e. The Labute approximate surface area is 241 Å². The quantitative estimate of drug-likeness (QED) is 0.173. The molecule has 1 aromatic carbocycles. The minimum atomic E-state index is -0.723. The van der Waals surface area contributed by atoms with Crippen molar-refractivity contribution in [2.24, 2.45) is 5.73 Å². The lowest BCUT2D eigenvalue weighted by atomic mass is 10.1. The highest BCUT2D eigenvalue weighted by atomic mass is 16.6. The molecule has 4 heterocycles. The van der Waals surface area contributed by atoms with Gasteiger partial charge in [-0.25, -0.2) is 14.8 Å². The van der Waals surface area contributed by atoms with Gasteiger partial charge >= 0.3 is 11.7 Å². The molecule has 0 spiro atoms. The number of para-hydroxylation sites is 1. The molecule has 3 aromatic heterocycles. The van der Waals surface area contributed by atoms with Gasteiger partial charge in [0.15, 0.2) is 11.2 Å². The van der Waals surface area contributed by atoms with Gasteiger partial charge in [-0.3, -0.25) is 23.3 Å². The second kappa shape index (κ2) is 12.5. The van der Waals surface area contributed by atoms with E-state index in [1.54, 1.807) is 11.5 Å². The van der Waals surface area contributed by atoms with Crippen LogP contribution in [0, 0.1) is 18.8 Å². The maximum atomic E-state index is 14.1. The Balaban J connectivity index is 1.70. The van der Waals surface area contributed by atoms with Gasteiger partial charge in [0.05, 0.1) is 25.2 Å². The standard InChI is InChI=1S/C29H34N8O5/c1-4-5-13-35-25-26(33-28(35)34-12-8-9-20(30)16-34)36(18-24(38)42-15-14-41-3)29(40)37(27(25)39)17-23-31-19(2)21-10-6-7-11-22(21)32-23/h6-7,10-11,20H,8-9,12-18,30H2,1-3H3. The molecular weight excluding hydrogens is 540 g/mol. The summed E-state index contributed by atoms with van der Waals surface area (Å²) in [4.78, 5) is 56.7. The summed E-state index contributed by atoms with van der Waals surface area (Å²) in [7, 11) is 1.49. The molecule has 0 aliphatic carbocycles. The highest BCUT2D eigenvalue weighted by Crippen LogP contribution is 2.23. The van der Waals surface area contributed by atoms with Crippen LogP contribution in [0.15, 0.2) is 33.9 Å². The third-order valence-corrected chi connectivity index (χ3v) is 7.23. The van der Waals surface area contributed by atoms with Gasteiger partial charge in [-0.05, 0) is 32.8 Å². The molecule has 1 saturated heterocycles. The van der Waals surface area contributed by atoms with Gasteiger partial charge in [0.1, 0.15) is 19.0 Å². The smallest absolute Gasteiger partial charge is 0.333 e. The molecule has 0 amide bonds. The second-order valence-corrected chi connectivity index (χ2v) is 10.2. The van der Waals surface area contributed by atoms with Gasteiger partial charge in [0.25, 0.3) is 5.56 Å². The summed E-state index contributed by atoms with van der Waals surface area (Å²) < 4.78 is 14.1. The van der Waals surface area contributed by atoms with E-state index in [9.17, 15) is 14.4 Å². The summed E-state index contributed by atoms with van der Waals surface area (Å²) in [6.45, 7) is 4.50. The van der Waals surface area contributed by atoms with Crippen molar-refractivity contribution in [2.75, 3.05) is 38.3 Å². The van der Waals surface area contributed by atoms with E-state index in [0.717, 1.165) is 28.5 Å². The van der Waals surface area contributed by atoms with E-state index in [4.69, 9.17) is 20.2 Å². The summed E-state index contributed by atoms with van der Waals surface area (Å²) >= 11 is 0. The highest BCUT2D eigenvalue weighted by Gasteiger charge is 2.28.